The third-order valence-electron chi connectivity index (χ3n) is 4.16. The van der Waals surface area contributed by atoms with Crippen LogP contribution in [0.1, 0.15) is 50.6 Å². The number of hydrogen-bond acceptors (Lipinski definition) is 3. The monoisotopic (exact) mass is 298 g/mol. The third kappa shape index (κ3) is 4.98. The van der Waals surface area contributed by atoms with Crippen LogP contribution in [0.2, 0.25) is 0 Å². The molecule has 0 aliphatic carbocycles. The number of pyridine rings is 1. The molecule has 0 aromatic carbocycles. The molecular weight excluding hydrogens is 272 g/mol. The van der Waals surface area contributed by atoms with Gasteiger partial charge < -0.3 is 5.11 Å². The summed E-state index contributed by atoms with van der Waals surface area (Å²) >= 11 is 0. The Morgan fingerprint density at radius 2 is 2.41 bits per heavy atom. The van der Waals surface area contributed by atoms with Gasteiger partial charge in [0.2, 0.25) is 0 Å². The summed E-state index contributed by atoms with van der Waals surface area (Å²) in [5.41, 5.74) is 0.343. The van der Waals surface area contributed by atoms with Gasteiger partial charge in [-0.2, -0.15) is 0 Å². The predicted molar refractivity (Wildman–Crippen MR) is 90.2 cm³/mol. The summed E-state index contributed by atoms with van der Waals surface area (Å²) in [7, 11) is 0. The Hall–Kier alpha value is -1.63. The molecule has 1 aliphatic heterocycles. The first-order valence-corrected chi connectivity index (χ1v) is 8.10. The second-order valence-electron chi connectivity index (χ2n) is 6.17. The highest BCUT2D eigenvalue weighted by atomic mass is 16.3. The summed E-state index contributed by atoms with van der Waals surface area (Å²) in [5.74, 6) is 6.19. The van der Waals surface area contributed by atoms with Gasteiger partial charge in [0.1, 0.15) is 5.60 Å². The summed E-state index contributed by atoms with van der Waals surface area (Å²) in [5, 5.41) is 10.2. The first kappa shape index (κ1) is 16.7. The van der Waals surface area contributed by atoms with Gasteiger partial charge in [-0.3, -0.25) is 9.88 Å². The normalized spacial score (nSPS) is 21.5. The molecule has 0 unspecified atom stereocenters. The molecule has 3 nitrogen and oxygen atoms in total. The van der Waals surface area contributed by atoms with E-state index >= 15 is 0 Å². The van der Waals surface area contributed by atoms with Crippen molar-refractivity contribution in [3.05, 3.63) is 42.7 Å². The lowest BCUT2D eigenvalue weighted by Gasteiger charge is -2.34. The Morgan fingerprint density at radius 3 is 3.14 bits per heavy atom. The van der Waals surface area contributed by atoms with E-state index in [9.17, 15) is 5.11 Å². The Labute approximate surface area is 134 Å². The van der Waals surface area contributed by atoms with Crippen molar-refractivity contribution in [2.75, 3.05) is 13.1 Å². The highest BCUT2D eigenvalue weighted by Gasteiger charge is 2.23. The van der Waals surface area contributed by atoms with Crippen LogP contribution in [0.5, 0.6) is 0 Å². The molecule has 1 N–H and O–H groups in total. The van der Waals surface area contributed by atoms with Crippen LogP contribution in [-0.4, -0.2) is 33.7 Å². The fourth-order valence-electron chi connectivity index (χ4n) is 2.91. The maximum atomic E-state index is 10.2. The first-order valence-electron chi connectivity index (χ1n) is 8.10. The molecular formula is C19H26N2O. The largest absolute Gasteiger partial charge is 0.378 e. The van der Waals surface area contributed by atoms with Crippen molar-refractivity contribution in [1.82, 2.24) is 9.88 Å². The van der Waals surface area contributed by atoms with Crippen LogP contribution >= 0.6 is 0 Å². The molecule has 22 heavy (non-hydrogen) atoms. The van der Waals surface area contributed by atoms with Crippen molar-refractivity contribution in [1.29, 1.82) is 0 Å². The van der Waals surface area contributed by atoms with E-state index in [2.05, 4.69) is 34.4 Å². The summed E-state index contributed by atoms with van der Waals surface area (Å²) < 4.78 is 0. The number of piperidine rings is 1. The second-order valence-corrected chi connectivity index (χ2v) is 6.17. The minimum Gasteiger partial charge on any atom is -0.378 e. The van der Waals surface area contributed by atoms with Crippen molar-refractivity contribution in [2.45, 2.75) is 50.7 Å². The molecule has 1 saturated heterocycles. The highest BCUT2D eigenvalue weighted by molar-refractivity contribution is 5.17. The maximum absolute atomic E-state index is 10.2. The van der Waals surface area contributed by atoms with Gasteiger partial charge >= 0.3 is 0 Å². The number of rotatable bonds is 5. The molecule has 0 amide bonds. The van der Waals surface area contributed by atoms with Gasteiger partial charge in [0.25, 0.3) is 0 Å². The second kappa shape index (κ2) is 8.12. The van der Waals surface area contributed by atoms with Crippen LogP contribution in [0, 0.1) is 11.8 Å². The zero-order valence-corrected chi connectivity index (χ0v) is 13.5. The number of aromatic nitrogens is 1. The average Bonchev–Trinajstić information content (AvgIpc) is 2.54. The van der Waals surface area contributed by atoms with Crippen LogP contribution < -0.4 is 0 Å². The third-order valence-corrected chi connectivity index (χ3v) is 4.16. The van der Waals surface area contributed by atoms with Crippen molar-refractivity contribution in [3.8, 4) is 11.8 Å². The number of aliphatic hydroxyl groups is 1. The Balaban J connectivity index is 1.99. The van der Waals surface area contributed by atoms with Crippen LogP contribution in [0.4, 0.5) is 0 Å². The van der Waals surface area contributed by atoms with Crippen molar-refractivity contribution in [2.24, 2.45) is 0 Å². The molecule has 3 heteroatoms. The summed E-state index contributed by atoms with van der Waals surface area (Å²) in [6.07, 6.45) is 10.6. The molecule has 1 aromatic heterocycles. The lowest BCUT2D eigenvalue weighted by molar-refractivity contribution is 0.113. The molecule has 1 aromatic rings. The van der Waals surface area contributed by atoms with Gasteiger partial charge in [0.15, 0.2) is 0 Å². The van der Waals surface area contributed by atoms with Gasteiger partial charge in [-0.15, -0.1) is 6.58 Å². The minimum atomic E-state index is -0.923. The van der Waals surface area contributed by atoms with E-state index in [-0.39, 0.29) is 0 Å². The molecule has 1 aliphatic rings. The van der Waals surface area contributed by atoms with Crippen molar-refractivity contribution >= 4 is 0 Å². The van der Waals surface area contributed by atoms with Crippen LogP contribution in [0.25, 0.3) is 0 Å². The molecule has 1 fully saturated rings. The van der Waals surface area contributed by atoms with Gasteiger partial charge in [-0.25, -0.2) is 0 Å². The molecule has 2 rings (SSSR count). The minimum absolute atomic E-state index is 0.398. The van der Waals surface area contributed by atoms with E-state index in [1.165, 1.54) is 18.4 Å². The van der Waals surface area contributed by atoms with E-state index in [1.54, 1.807) is 6.92 Å². The van der Waals surface area contributed by atoms with Crippen molar-refractivity contribution < 1.29 is 5.11 Å². The lowest BCUT2D eigenvalue weighted by atomic mass is 9.96. The average molecular weight is 298 g/mol. The molecule has 118 valence electrons. The fourth-order valence-corrected chi connectivity index (χ4v) is 2.91. The zero-order valence-electron chi connectivity index (χ0n) is 13.5. The van der Waals surface area contributed by atoms with E-state index in [4.69, 9.17) is 0 Å². The topological polar surface area (TPSA) is 36.4 Å². The molecule has 2 heterocycles. The number of likely N-dealkylation sites (tertiary alicyclic amines) is 1. The van der Waals surface area contributed by atoms with E-state index in [0.717, 1.165) is 19.4 Å². The molecule has 0 saturated carbocycles. The Bertz CT molecular complexity index is 527. The molecule has 0 spiro atoms. The molecule has 0 radical (unpaired) electrons. The van der Waals surface area contributed by atoms with Gasteiger partial charge in [-0.1, -0.05) is 30.4 Å². The van der Waals surface area contributed by atoms with E-state index in [0.29, 0.717) is 19.0 Å². The maximum Gasteiger partial charge on any atom is 0.123 e. The Morgan fingerprint density at radius 1 is 1.55 bits per heavy atom. The van der Waals surface area contributed by atoms with Crippen LogP contribution in [0.3, 0.4) is 0 Å². The number of hydrogen-bond donors (Lipinski definition) is 1. The van der Waals surface area contributed by atoms with Gasteiger partial charge in [0, 0.05) is 18.4 Å². The smallest absolute Gasteiger partial charge is 0.123 e. The van der Waals surface area contributed by atoms with Gasteiger partial charge in [0.05, 0.1) is 6.54 Å². The predicted octanol–water partition coefficient (Wildman–Crippen LogP) is 3.33. The lowest BCUT2D eigenvalue weighted by Crippen LogP contribution is -2.34. The highest BCUT2D eigenvalue weighted by Crippen LogP contribution is 2.29. The summed E-state index contributed by atoms with van der Waals surface area (Å²) in [4.78, 5) is 6.64. The zero-order chi connectivity index (χ0) is 15.8. The van der Waals surface area contributed by atoms with Gasteiger partial charge in [-0.05, 0) is 50.8 Å². The summed E-state index contributed by atoms with van der Waals surface area (Å²) in [6.45, 7) is 7.22. The number of nitrogens with zero attached hydrogens (tertiary/aromatic N) is 2. The molecule has 2 atom stereocenters. The fraction of sp³-hybridized carbons (Fsp3) is 0.526. The number of allylic oxidation sites excluding steroid dienone is 1. The first-order chi connectivity index (χ1) is 10.6. The van der Waals surface area contributed by atoms with Crippen molar-refractivity contribution in [3.63, 3.8) is 0 Å². The standard InChI is InChI=1S/C19H26N2O/c1-3-4-11-19(2,22)12-8-15-21-14-6-5-10-18(21)17-9-7-13-20-16-17/h3,7,9,13,16,18,22H,1,4-6,10-11,14-15H2,2H3/t18-,19+/m0/s1. The van der Waals surface area contributed by atoms with E-state index in [1.807, 2.05) is 24.5 Å². The van der Waals surface area contributed by atoms with Crippen LogP contribution in [-0.2, 0) is 0 Å². The Kier molecular flexibility index (Phi) is 6.18. The summed E-state index contributed by atoms with van der Waals surface area (Å²) in [6, 6.07) is 4.53. The van der Waals surface area contributed by atoms with Crippen LogP contribution in [0.15, 0.2) is 37.2 Å². The SMILES string of the molecule is C=CCC[C@@](C)(O)C#CCN1CCCC[C@H]1c1cccnc1. The van der Waals surface area contributed by atoms with E-state index < -0.39 is 5.60 Å². The molecule has 0 bridgehead atoms. The quantitative estimate of drug-likeness (QED) is 0.669.